The van der Waals surface area contributed by atoms with E-state index in [1.165, 1.54) is 5.57 Å². The number of hydrogen-bond donors (Lipinski definition) is 0. The quantitative estimate of drug-likeness (QED) is 0.571. The van der Waals surface area contributed by atoms with Gasteiger partial charge in [-0.05, 0) is 43.7 Å². The minimum atomic E-state index is -0.599. The van der Waals surface area contributed by atoms with Crippen LogP contribution in [0.3, 0.4) is 0 Å². The fourth-order valence-corrected chi connectivity index (χ4v) is 4.87. The number of allylic oxidation sites excluding steroid dienone is 1. The van der Waals surface area contributed by atoms with Gasteiger partial charge in [0, 0.05) is 24.9 Å². The molecule has 4 atom stereocenters. The topological polar surface area (TPSA) is 74.3 Å². The second-order valence-electron chi connectivity index (χ2n) is 7.89. The molecule has 0 N–H and O–H groups in total. The van der Waals surface area contributed by atoms with Crippen LogP contribution in [0.2, 0.25) is 0 Å². The molecule has 0 saturated carbocycles. The molecule has 0 spiro atoms. The summed E-state index contributed by atoms with van der Waals surface area (Å²) in [5.74, 6) is 0.306. The van der Waals surface area contributed by atoms with E-state index in [0.29, 0.717) is 23.5 Å². The highest BCUT2D eigenvalue weighted by Gasteiger charge is 2.52. The van der Waals surface area contributed by atoms with Crippen LogP contribution < -0.4 is 9.47 Å². The first-order chi connectivity index (χ1) is 14.1. The van der Waals surface area contributed by atoms with Gasteiger partial charge in [-0.3, -0.25) is 9.69 Å². The Hall–Kier alpha value is -2.80. The minimum absolute atomic E-state index is 0.0929. The highest BCUT2D eigenvalue weighted by Crippen LogP contribution is 2.49. The van der Waals surface area contributed by atoms with Gasteiger partial charge in [0.15, 0.2) is 23.7 Å². The van der Waals surface area contributed by atoms with Crippen LogP contribution in [0.1, 0.15) is 41.1 Å². The molecule has 152 valence electrons. The minimum Gasteiger partial charge on any atom is -0.454 e. The van der Waals surface area contributed by atoms with Crippen molar-refractivity contribution in [1.29, 1.82) is 0 Å². The van der Waals surface area contributed by atoms with Crippen molar-refractivity contribution in [1.82, 2.24) is 4.90 Å². The fraction of sp³-hybridized carbons (Fsp3) is 0.455. The average molecular weight is 397 g/mol. The Balaban J connectivity index is 1.56. The van der Waals surface area contributed by atoms with Crippen LogP contribution in [0, 0.1) is 0 Å². The van der Waals surface area contributed by atoms with Gasteiger partial charge in [0.25, 0.3) is 0 Å². The molecule has 7 nitrogen and oxygen atoms in total. The molecular formula is C22H23NO6. The number of carbonyl (C=O) groups is 2. The molecule has 3 aliphatic heterocycles. The van der Waals surface area contributed by atoms with Crippen LogP contribution in [-0.2, 0) is 14.3 Å². The summed E-state index contributed by atoms with van der Waals surface area (Å²) in [6.07, 6.45) is 4.20. The van der Waals surface area contributed by atoms with Crippen molar-refractivity contribution >= 4 is 11.9 Å². The number of likely N-dealkylation sites (tertiary alicyclic amines) is 1. The zero-order valence-electron chi connectivity index (χ0n) is 16.3. The van der Waals surface area contributed by atoms with E-state index in [2.05, 4.69) is 18.5 Å². The van der Waals surface area contributed by atoms with Gasteiger partial charge in [0.2, 0.25) is 6.79 Å². The lowest BCUT2D eigenvalue weighted by atomic mass is 9.73. The molecule has 1 aromatic rings. The van der Waals surface area contributed by atoms with Gasteiger partial charge in [-0.1, -0.05) is 11.6 Å². The monoisotopic (exact) mass is 397 g/mol. The van der Waals surface area contributed by atoms with Crippen LogP contribution in [-0.4, -0.2) is 55.5 Å². The SMILES string of the molecule is C=CCCC(=O)O[C@H]1C=C2CCN(C)[C@H]2[C@@H]2c3cc4c(cc3C(=O)O[C@@H]21)OCO4. The van der Waals surface area contributed by atoms with E-state index in [-0.39, 0.29) is 31.1 Å². The summed E-state index contributed by atoms with van der Waals surface area (Å²) in [5.41, 5.74) is 2.58. The van der Waals surface area contributed by atoms with Gasteiger partial charge in [-0.2, -0.15) is 0 Å². The molecule has 0 radical (unpaired) electrons. The van der Waals surface area contributed by atoms with Gasteiger partial charge in [-0.15, -0.1) is 6.58 Å². The van der Waals surface area contributed by atoms with Gasteiger partial charge >= 0.3 is 11.9 Å². The van der Waals surface area contributed by atoms with E-state index in [0.717, 1.165) is 18.5 Å². The third-order valence-corrected chi connectivity index (χ3v) is 6.19. The molecule has 1 aromatic carbocycles. The highest BCUT2D eigenvalue weighted by atomic mass is 16.7. The maximum atomic E-state index is 12.8. The van der Waals surface area contributed by atoms with Crippen LogP contribution >= 0.6 is 0 Å². The Morgan fingerprint density at radius 3 is 2.93 bits per heavy atom. The smallest absolute Gasteiger partial charge is 0.339 e. The van der Waals surface area contributed by atoms with Crippen molar-refractivity contribution in [2.24, 2.45) is 0 Å². The molecule has 4 aliphatic rings. The number of fused-ring (bicyclic) bond motifs is 6. The Morgan fingerprint density at radius 2 is 2.14 bits per heavy atom. The molecule has 1 fully saturated rings. The lowest BCUT2D eigenvalue weighted by Crippen LogP contribution is -2.52. The molecule has 0 unspecified atom stereocenters. The van der Waals surface area contributed by atoms with Crippen LogP contribution in [0.5, 0.6) is 11.5 Å². The predicted molar refractivity (Wildman–Crippen MR) is 103 cm³/mol. The number of benzene rings is 1. The number of nitrogens with zero attached hydrogens (tertiary/aromatic N) is 1. The van der Waals surface area contributed by atoms with Crippen molar-refractivity contribution in [3.8, 4) is 11.5 Å². The zero-order chi connectivity index (χ0) is 20.1. The normalized spacial score (nSPS) is 29.3. The molecule has 7 heteroatoms. The number of esters is 2. The van der Waals surface area contributed by atoms with Crippen molar-refractivity contribution in [2.45, 2.75) is 43.4 Å². The lowest BCUT2D eigenvalue weighted by Gasteiger charge is -2.44. The Morgan fingerprint density at radius 1 is 1.34 bits per heavy atom. The summed E-state index contributed by atoms with van der Waals surface area (Å²) in [6, 6.07) is 3.69. The molecule has 3 heterocycles. The zero-order valence-corrected chi connectivity index (χ0v) is 16.3. The maximum absolute atomic E-state index is 12.8. The summed E-state index contributed by atoms with van der Waals surface area (Å²) < 4.78 is 22.6. The third kappa shape index (κ3) is 2.92. The summed E-state index contributed by atoms with van der Waals surface area (Å²) in [7, 11) is 2.07. The summed E-state index contributed by atoms with van der Waals surface area (Å²) in [4.78, 5) is 27.4. The Kier molecular flexibility index (Phi) is 4.35. The van der Waals surface area contributed by atoms with Gasteiger partial charge in [0.1, 0.15) is 0 Å². The number of likely N-dealkylation sites (N-methyl/N-ethyl adjacent to an activating group) is 1. The first-order valence-corrected chi connectivity index (χ1v) is 9.92. The highest BCUT2D eigenvalue weighted by molar-refractivity contribution is 5.94. The molecule has 1 aliphatic carbocycles. The molecule has 0 amide bonds. The molecular weight excluding hydrogens is 374 g/mol. The molecule has 0 bridgehead atoms. The molecule has 1 saturated heterocycles. The largest absolute Gasteiger partial charge is 0.454 e. The molecule has 0 aromatic heterocycles. The van der Waals surface area contributed by atoms with E-state index < -0.39 is 18.2 Å². The van der Waals surface area contributed by atoms with E-state index in [4.69, 9.17) is 18.9 Å². The van der Waals surface area contributed by atoms with Gasteiger partial charge in [-0.25, -0.2) is 4.79 Å². The number of ether oxygens (including phenoxy) is 4. The van der Waals surface area contributed by atoms with E-state index in [1.54, 1.807) is 12.1 Å². The van der Waals surface area contributed by atoms with Crippen LogP contribution in [0.15, 0.2) is 36.4 Å². The molecule has 5 rings (SSSR count). The standard InChI is InChI=1S/C22H23NO6/c1-3-4-5-18(24)28-17-8-12-6-7-23(2)20(12)19-13-9-15-16(27-11-26-15)10-14(13)22(25)29-21(17)19/h3,8-10,17,19-21H,1,4-7,11H2,2H3/t17-,19-,20+,21+/m0/s1. The van der Waals surface area contributed by atoms with E-state index in [1.807, 2.05) is 12.1 Å². The molecule has 29 heavy (non-hydrogen) atoms. The second kappa shape index (κ2) is 6.91. The summed E-state index contributed by atoms with van der Waals surface area (Å²) in [5, 5.41) is 0. The summed E-state index contributed by atoms with van der Waals surface area (Å²) in [6.45, 7) is 4.69. The number of hydrogen-bond acceptors (Lipinski definition) is 7. The van der Waals surface area contributed by atoms with Crippen molar-refractivity contribution in [3.63, 3.8) is 0 Å². The van der Waals surface area contributed by atoms with Crippen molar-refractivity contribution in [3.05, 3.63) is 47.6 Å². The van der Waals surface area contributed by atoms with Crippen LogP contribution in [0.25, 0.3) is 0 Å². The average Bonchev–Trinajstić information content (AvgIpc) is 3.31. The second-order valence-corrected chi connectivity index (χ2v) is 7.89. The lowest BCUT2D eigenvalue weighted by molar-refractivity contribution is -0.154. The first kappa shape index (κ1) is 18.2. The van der Waals surface area contributed by atoms with Crippen molar-refractivity contribution < 1.29 is 28.5 Å². The van der Waals surface area contributed by atoms with E-state index in [9.17, 15) is 9.59 Å². The Labute approximate surface area is 168 Å². The van der Waals surface area contributed by atoms with Crippen LogP contribution in [0.4, 0.5) is 0 Å². The first-order valence-electron chi connectivity index (χ1n) is 9.92. The van der Waals surface area contributed by atoms with Gasteiger partial charge < -0.3 is 18.9 Å². The van der Waals surface area contributed by atoms with Crippen molar-refractivity contribution in [2.75, 3.05) is 20.4 Å². The maximum Gasteiger partial charge on any atom is 0.339 e. The Bertz CT molecular complexity index is 922. The third-order valence-electron chi connectivity index (χ3n) is 6.19. The summed E-state index contributed by atoms with van der Waals surface area (Å²) >= 11 is 0. The predicted octanol–water partition coefficient (Wildman–Crippen LogP) is 2.56. The van der Waals surface area contributed by atoms with Gasteiger partial charge in [0.05, 0.1) is 5.56 Å². The number of rotatable bonds is 4. The fourth-order valence-electron chi connectivity index (χ4n) is 4.87. The number of carbonyl (C=O) groups excluding carboxylic acids is 2. The van der Waals surface area contributed by atoms with E-state index >= 15 is 0 Å².